The molecule has 0 spiro atoms. The first kappa shape index (κ1) is 14.6. The molecule has 1 unspecified atom stereocenters. The summed E-state index contributed by atoms with van der Waals surface area (Å²) in [7, 11) is 0. The summed E-state index contributed by atoms with van der Waals surface area (Å²) in [5.41, 5.74) is 2.45. The highest BCUT2D eigenvalue weighted by Crippen LogP contribution is 2.28. The zero-order valence-corrected chi connectivity index (χ0v) is 13.9. The van der Waals surface area contributed by atoms with Crippen molar-refractivity contribution in [3.05, 3.63) is 28.2 Å². The monoisotopic (exact) mass is 358 g/mol. The van der Waals surface area contributed by atoms with Crippen LogP contribution in [-0.4, -0.2) is 50.3 Å². The van der Waals surface area contributed by atoms with Gasteiger partial charge in [0.1, 0.15) is 0 Å². The molecule has 0 amide bonds. The summed E-state index contributed by atoms with van der Waals surface area (Å²) in [6, 6.07) is 7.17. The Labute approximate surface area is 134 Å². The molecule has 0 N–H and O–H groups in total. The maximum Gasteiger partial charge on any atom is 0.0594 e. The molecule has 2 aliphatic rings. The van der Waals surface area contributed by atoms with E-state index in [-0.39, 0.29) is 0 Å². The van der Waals surface area contributed by atoms with Gasteiger partial charge >= 0.3 is 0 Å². The Hall–Kier alpha value is -0.290. The summed E-state index contributed by atoms with van der Waals surface area (Å²) < 4.78 is 6.55. The minimum atomic E-state index is 0.553. The number of anilines is 1. The number of nitrogens with zero attached hydrogens (tertiary/aromatic N) is 2. The van der Waals surface area contributed by atoms with Crippen LogP contribution in [0.3, 0.4) is 0 Å². The molecule has 1 aromatic rings. The van der Waals surface area contributed by atoms with Crippen molar-refractivity contribution >= 4 is 33.2 Å². The predicted octanol–water partition coefficient (Wildman–Crippen LogP) is 3.10. The molecule has 0 aliphatic carbocycles. The topological polar surface area (TPSA) is 15.7 Å². The molecule has 20 heavy (non-hydrogen) atoms. The van der Waals surface area contributed by atoms with Crippen LogP contribution >= 0.6 is 27.5 Å². The Morgan fingerprint density at radius 3 is 2.75 bits per heavy atom. The molecule has 0 saturated carbocycles. The van der Waals surface area contributed by atoms with Crippen molar-refractivity contribution in [3.63, 3.8) is 0 Å². The number of halogens is 2. The molecule has 2 fully saturated rings. The molecule has 0 aromatic heterocycles. The molecule has 1 aromatic carbocycles. The fourth-order valence-electron chi connectivity index (χ4n) is 3.06. The van der Waals surface area contributed by atoms with Gasteiger partial charge in [-0.15, -0.1) is 11.6 Å². The van der Waals surface area contributed by atoms with Gasteiger partial charge in [-0.1, -0.05) is 22.0 Å². The maximum atomic E-state index is 5.91. The summed E-state index contributed by atoms with van der Waals surface area (Å²) in [4.78, 5) is 5.05. The first-order valence-corrected chi connectivity index (χ1v) is 8.52. The number of hydrogen-bond donors (Lipinski definition) is 0. The largest absolute Gasteiger partial charge is 0.379 e. The Morgan fingerprint density at radius 2 is 2.05 bits per heavy atom. The van der Waals surface area contributed by atoms with E-state index in [1.54, 1.807) is 0 Å². The lowest BCUT2D eigenvalue weighted by atomic mass is 10.2. The van der Waals surface area contributed by atoms with E-state index in [1.165, 1.54) is 12.1 Å². The van der Waals surface area contributed by atoms with E-state index in [9.17, 15) is 0 Å². The van der Waals surface area contributed by atoms with Gasteiger partial charge in [-0.2, -0.15) is 0 Å². The fourth-order valence-corrected chi connectivity index (χ4v) is 3.96. The summed E-state index contributed by atoms with van der Waals surface area (Å²) in [5.74, 6) is 0.553. The van der Waals surface area contributed by atoms with Gasteiger partial charge in [0.15, 0.2) is 0 Å². The van der Waals surface area contributed by atoms with Crippen LogP contribution in [0, 0.1) is 0 Å². The summed E-state index contributed by atoms with van der Waals surface area (Å²) in [5, 5.41) is 0. The van der Waals surface area contributed by atoms with E-state index in [4.69, 9.17) is 16.3 Å². The lowest BCUT2D eigenvalue weighted by molar-refractivity contribution is 0.0209. The van der Waals surface area contributed by atoms with Gasteiger partial charge in [-0.05, 0) is 24.1 Å². The molecule has 110 valence electrons. The van der Waals surface area contributed by atoms with E-state index < -0.39 is 0 Å². The smallest absolute Gasteiger partial charge is 0.0594 e. The first-order valence-electron chi connectivity index (χ1n) is 7.19. The number of alkyl halides is 1. The van der Waals surface area contributed by atoms with Crippen molar-refractivity contribution in [2.24, 2.45) is 0 Å². The lowest BCUT2D eigenvalue weighted by Gasteiger charge is -2.32. The number of ether oxygens (including phenoxy) is 1. The van der Waals surface area contributed by atoms with Crippen molar-refractivity contribution < 1.29 is 4.74 Å². The molecule has 1 atom stereocenters. The molecule has 0 bridgehead atoms. The molecule has 2 aliphatic heterocycles. The van der Waals surface area contributed by atoms with Gasteiger partial charge < -0.3 is 9.64 Å². The summed E-state index contributed by atoms with van der Waals surface area (Å²) >= 11 is 9.51. The van der Waals surface area contributed by atoms with Crippen LogP contribution in [0.1, 0.15) is 12.0 Å². The highest BCUT2D eigenvalue weighted by molar-refractivity contribution is 9.10. The minimum Gasteiger partial charge on any atom is -0.379 e. The minimum absolute atomic E-state index is 0.553. The molecule has 3 nitrogen and oxygen atoms in total. The second kappa shape index (κ2) is 6.65. The van der Waals surface area contributed by atoms with Crippen LogP contribution in [0.2, 0.25) is 0 Å². The van der Waals surface area contributed by atoms with E-state index >= 15 is 0 Å². The highest BCUT2D eigenvalue weighted by atomic mass is 79.9. The molecule has 3 rings (SSSR count). The zero-order valence-electron chi connectivity index (χ0n) is 11.5. The van der Waals surface area contributed by atoms with Crippen LogP contribution in [-0.2, 0) is 10.6 Å². The number of rotatable bonds is 3. The van der Waals surface area contributed by atoms with E-state index in [1.807, 2.05) is 0 Å². The van der Waals surface area contributed by atoms with E-state index in [0.717, 1.165) is 49.4 Å². The molecular weight excluding hydrogens is 340 g/mol. The Bertz CT molecular complexity index is 465. The molecular formula is C15H20BrClN2O. The SMILES string of the molecule is ClCc1ccc(N2CCC(N3CCOCC3)C2)cc1Br. The molecule has 0 radical (unpaired) electrons. The lowest BCUT2D eigenvalue weighted by Crippen LogP contribution is -2.44. The van der Waals surface area contributed by atoms with Crippen molar-refractivity contribution in [3.8, 4) is 0 Å². The second-order valence-corrected chi connectivity index (χ2v) is 6.57. The average Bonchev–Trinajstić information content (AvgIpc) is 2.98. The van der Waals surface area contributed by atoms with Gasteiger partial charge in [0.25, 0.3) is 0 Å². The third-order valence-electron chi connectivity index (χ3n) is 4.27. The van der Waals surface area contributed by atoms with Crippen LogP contribution < -0.4 is 4.90 Å². The van der Waals surface area contributed by atoms with Crippen molar-refractivity contribution in [1.29, 1.82) is 0 Å². The van der Waals surface area contributed by atoms with Crippen molar-refractivity contribution in [1.82, 2.24) is 4.90 Å². The van der Waals surface area contributed by atoms with Crippen molar-refractivity contribution in [2.45, 2.75) is 18.3 Å². The Kier molecular flexibility index (Phi) is 4.87. The van der Waals surface area contributed by atoms with Crippen LogP contribution in [0.4, 0.5) is 5.69 Å². The third-order valence-corrected chi connectivity index (χ3v) is 5.30. The Balaban J connectivity index is 1.65. The number of hydrogen-bond acceptors (Lipinski definition) is 3. The normalized spacial score (nSPS) is 24.3. The number of benzene rings is 1. The van der Waals surface area contributed by atoms with Gasteiger partial charge in [0.2, 0.25) is 0 Å². The summed E-state index contributed by atoms with van der Waals surface area (Å²) in [6.07, 6.45) is 1.24. The molecule has 2 heterocycles. The number of morpholine rings is 1. The first-order chi connectivity index (χ1) is 9.78. The zero-order chi connectivity index (χ0) is 13.9. The van der Waals surface area contributed by atoms with Gasteiger partial charge in [0, 0.05) is 48.3 Å². The fraction of sp³-hybridized carbons (Fsp3) is 0.600. The maximum absolute atomic E-state index is 5.91. The predicted molar refractivity (Wildman–Crippen MR) is 86.7 cm³/mol. The van der Waals surface area contributed by atoms with E-state index in [0.29, 0.717) is 11.9 Å². The van der Waals surface area contributed by atoms with Crippen LogP contribution in [0.5, 0.6) is 0 Å². The van der Waals surface area contributed by atoms with Crippen LogP contribution in [0.25, 0.3) is 0 Å². The summed E-state index contributed by atoms with van der Waals surface area (Å²) in [6.45, 7) is 6.17. The van der Waals surface area contributed by atoms with Gasteiger partial charge in [-0.25, -0.2) is 0 Å². The second-order valence-electron chi connectivity index (χ2n) is 5.45. The van der Waals surface area contributed by atoms with Crippen molar-refractivity contribution in [2.75, 3.05) is 44.3 Å². The third kappa shape index (κ3) is 3.14. The van der Waals surface area contributed by atoms with E-state index in [2.05, 4.69) is 43.9 Å². The standard InChI is InChI=1S/C15H20BrClN2O/c16-15-9-13(2-1-12(15)10-17)19-4-3-14(11-19)18-5-7-20-8-6-18/h1-2,9,14H,3-8,10-11H2. The van der Waals surface area contributed by atoms with Gasteiger partial charge in [-0.3, -0.25) is 4.90 Å². The average molecular weight is 360 g/mol. The van der Waals surface area contributed by atoms with Crippen LogP contribution in [0.15, 0.2) is 22.7 Å². The molecule has 2 saturated heterocycles. The Morgan fingerprint density at radius 1 is 1.25 bits per heavy atom. The highest BCUT2D eigenvalue weighted by Gasteiger charge is 2.28. The van der Waals surface area contributed by atoms with Gasteiger partial charge in [0.05, 0.1) is 13.2 Å². The molecule has 5 heteroatoms. The quantitative estimate of drug-likeness (QED) is 0.771.